The molecule has 0 radical (unpaired) electrons. The predicted molar refractivity (Wildman–Crippen MR) is 180 cm³/mol. The number of aryl methyl sites for hydroxylation is 1. The van der Waals surface area contributed by atoms with E-state index in [1.165, 1.54) is 45.6 Å². The number of aromatic hydroxyl groups is 4. The normalized spacial score (nSPS) is 15.9. The van der Waals surface area contributed by atoms with Crippen LogP contribution in [0.1, 0.15) is 109 Å². The lowest BCUT2D eigenvalue weighted by Gasteiger charge is -2.30. The molecular formula is C35H35N3O9S. The molecule has 3 aliphatic carbocycles. The minimum Gasteiger partial charge on any atom is -0.508 e. The molecule has 0 aromatic heterocycles. The number of fused-ring (bicyclic) bond motifs is 5. The summed E-state index contributed by atoms with van der Waals surface area (Å²) in [6.07, 6.45) is 9.50. The molecule has 13 heteroatoms. The van der Waals surface area contributed by atoms with Crippen LogP contribution in [0.3, 0.4) is 0 Å². The van der Waals surface area contributed by atoms with Gasteiger partial charge in [-0.3, -0.25) is 15.0 Å². The van der Waals surface area contributed by atoms with E-state index in [9.17, 15) is 39.9 Å². The second-order valence-electron chi connectivity index (χ2n) is 12.3. The number of hydrogen-bond acceptors (Lipinski definition) is 10. The third kappa shape index (κ3) is 5.37. The molecule has 0 atom stereocenters. The van der Waals surface area contributed by atoms with E-state index in [0.717, 1.165) is 31.7 Å². The molecule has 12 nitrogen and oxygen atoms in total. The maximum atomic E-state index is 13.8. The van der Waals surface area contributed by atoms with Crippen molar-refractivity contribution in [2.24, 2.45) is 5.10 Å². The molecule has 3 aromatic rings. The summed E-state index contributed by atoms with van der Waals surface area (Å²) in [4.78, 5) is 40.1. The maximum absolute atomic E-state index is 13.8. The molecule has 0 spiro atoms. The summed E-state index contributed by atoms with van der Waals surface area (Å²) in [7, 11) is 1.28. The largest absolute Gasteiger partial charge is 0.508 e. The first-order valence-corrected chi connectivity index (χ1v) is 16.2. The number of carbonyl (C=O) groups is 3. The quantitative estimate of drug-likeness (QED) is 0.0854. The van der Waals surface area contributed by atoms with Gasteiger partial charge in [0.1, 0.15) is 34.3 Å². The van der Waals surface area contributed by atoms with Crippen LogP contribution < -0.4 is 15.5 Å². The van der Waals surface area contributed by atoms with Gasteiger partial charge in [0.2, 0.25) is 5.78 Å². The van der Waals surface area contributed by atoms with Crippen LogP contribution in [0.15, 0.2) is 17.2 Å². The van der Waals surface area contributed by atoms with E-state index < -0.39 is 51.7 Å². The zero-order chi connectivity index (χ0) is 34.4. The van der Waals surface area contributed by atoms with Crippen molar-refractivity contribution in [3.8, 4) is 39.9 Å². The number of phenols is 4. The molecule has 3 aliphatic rings. The Morgan fingerprint density at radius 3 is 2.25 bits per heavy atom. The van der Waals surface area contributed by atoms with E-state index >= 15 is 0 Å². The summed E-state index contributed by atoms with van der Waals surface area (Å²) in [5.74, 6) is -5.50. The lowest BCUT2D eigenvalue weighted by Crippen LogP contribution is -2.40. The van der Waals surface area contributed by atoms with E-state index in [4.69, 9.17) is 17.0 Å². The highest BCUT2D eigenvalue weighted by molar-refractivity contribution is 7.80. The highest BCUT2D eigenvalue weighted by Gasteiger charge is 2.42. The van der Waals surface area contributed by atoms with Gasteiger partial charge in [-0.2, -0.15) is 5.10 Å². The molecular weight excluding hydrogens is 638 g/mol. The topological polar surface area (TPSA) is 198 Å². The number of nitrogens with one attached hydrogen (secondary N) is 2. The fourth-order valence-electron chi connectivity index (χ4n) is 7.14. The van der Waals surface area contributed by atoms with Crippen molar-refractivity contribution in [3.05, 3.63) is 62.2 Å². The number of carboxylic acid groups (broad SMARTS) is 1. The zero-order valence-corrected chi connectivity index (χ0v) is 27.2. The number of carboxylic acids is 1. The van der Waals surface area contributed by atoms with Crippen molar-refractivity contribution in [1.29, 1.82) is 0 Å². The van der Waals surface area contributed by atoms with Gasteiger partial charge in [-0.25, -0.2) is 4.79 Å². The van der Waals surface area contributed by atoms with Gasteiger partial charge < -0.3 is 35.6 Å². The number of rotatable bonds is 5. The summed E-state index contributed by atoms with van der Waals surface area (Å²) >= 11 is 5.41. The molecule has 1 fully saturated rings. The van der Waals surface area contributed by atoms with Crippen molar-refractivity contribution in [2.75, 3.05) is 7.11 Å². The smallest absolute Gasteiger partial charge is 0.340 e. The monoisotopic (exact) mass is 673 g/mol. The molecule has 250 valence electrons. The van der Waals surface area contributed by atoms with E-state index in [-0.39, 0.29) is 69.1 Å². The Bertz CT molecular complexity index is 1940. The van der Waals surface area contributed by atoms with Crippen LogP contribution in [0.25, 0.3) is 11.1 Å². The van der Waals surface area contributed by atoms with Crippen LogP contribution in [-0.2, 0) is 12.8 Å². The number of ether oxygens (including phenoxy) is 1. The number of carbonyl (C=O) groups excluding carboxylic acids is 2. The van der Waals surface area contributed by atoms with E-state index in [1.54, 1.807) is 0 Å². The zero-order valence-electron chi connectivity index (χ0n) is 26.4. The average molecular weight is 674 g/mol. The number of aromatic carboxylic acids is 1. The second-order valence-corrected chi connectivity index (χ2v) is 12.8. The summed E-state index contributed by atoms with van der Waals surface area (Å²) in [5, 5.41) is 62.1. The number of thiocarbonyl (C=S) groups is 1. The van der Waals surface area contributed by atoms with Crippen molar-refractivity contribution in [1.82, 2.24) is 10.7 Å². The van der Waals surface area contributed by atoms with Gasteiger partial charge in [0.25, 0.3) is 0 Å². The molecule has 0 unspecified atom stereocenters. The summed E-state index contributed by atoms with van der Waals surface area (Å²) in [5.41, 5.74) is 1.60. The Labute approximate surface area is 281 Å². The number of phenolic OH excluding ortho intramolecular Hbond substituents is 3. The highest BCUT2D eigenvalue weighted by atomic mass is 32.1. The minimum absolute atomic E-state index is 0.00202. The molecule has 3 aromatic carbocycles. The molecule has 0 heterocycles. The lowest BCUT2D eigenvalue weighted by atomic mass is 9.74. The van der Waals surface area contributed by atoms with Crippen LogP contribution in [0.5, 0.6) is 28.7 Å². The summed E-state index contributed by atoms with van der Waals surface area (Å²) < 4.78 is 5.63. The Morgan fingerprint density at radius 2 is 1.58 bits per heavy atom. The van der Waals surface area contributed by atoms with E-state index in [1.807, 2.05) is 0 Å². The molecule has 0 aliphatic heterocycles. The van der Waals surface area contributed by atoms with Gasteiger partial charge in [-0.05, 0) is 62.5 Å². The summed E-state index contributed by atoms with van der Waals surface area (Å²) in [6.45, 7) is 1.39. The van der Waals surface area contributed by atoms with Crippen LogP contribution in [0.4, 0.5) is 0 Å². The van der Waals surface area contributed by atoms with Crippen molar-refractivity contribution >= 4 is 41.1 Å². The number of methoxy groups -OCH3 is 1. The third-order valence-electron chi connectivity index (χ3n) is 9.51. The molecule has 0 bridgehead atoms. The first-order chi connectivity index (χ1) is 23.0. The van der Waals surface area contributed by atoms with Gasteiger partial charge in [-0.15, -0.1) is 0 Å². The number of benzene rings is 3. The Morgan fingerprint density at radius 1 is 0.896 bits per heavy atom. The first kappa shape index (κ1) is 32.8. The highest BCUT2D eigenvalue weighted by Crippen LogP contribution is 2.54. The van der Waals surface area contributed by atoms with Crippen molar-refractivity contribution in [3.63, 3.8) is 0 Å². The maximum Gasteiger partial charge on any atom is 0.340 e. The minimum atomic E-state index is -1.47. The SMILES string of the molecule is COc1c2c(c(O)c3c1C(=O)c1c(cc(O)c(C)c1O)C3=O)-c1c(cc(/C=N/NC(=S)NC3CCCCCCC3)c(C(=O)O)c1O)CC2. The number of hydrogen-bond donors (Lipinski definition) is 7. The van der Waals surface area contributed by atoms with Crippen LogP contribution in [0.2, 0.25) is 0 Å². The number of nitrogens with zero attached hydrogens (tertiary/aromatic N) is 1. The molecule has 7 N–H and O–H groups in total. The van der Waals surface area contributed by atoms with Crippen molar-refractivity contribution in [2.45, 2.75) is 70.8 Å². The fraction of sp³-hybridized carbons (Fsp3) is 0.343. The van der Waals surface area contributed by atoms with Crippen LogP contribution in [0, 0.1) is 6.92 Å². The molecule has 48 heavy (non-hydrogen) atoms. The lowest BCUT2D eigenvalue weighted by molar-refractivity contribution is 0.0693. The molecule has 0 amide bonds. The second kappa shape index (κ2) is 12.8. The molecule has 1 saturated carbocycles. The van der Waals surface area contributed by atoms with Gasteiger partial charge in [0, 0.05) is 39.4 Å². The molecule has 6 rings (SSSR count). The van der Waals surface area contributed by atoms with Gasteiger partial charge >= 0.3 is 5.97 Å². The first-order valence-electron chi connectivity index (χ1n) is 15.8. The molecule has 0 saturated heterocycles. The predicted octanol–water partition coefficient (Wildman–Crippen LogP) is 4.98. The van der Waals surface area contributed by atoms with Gasteiger partial charge in [0.05, 0.1) is 30.0 Å². The Hall–Kier alpha value is -5.17. The summed E-state index contributed by atoms with van der Waals surface area (Å²) in [6, 6.07) is 2.80. The number of ketones is 2. The van der Waals surface area contributed by atoms with E-state index in [0.29, 0.717) is 10.7 Å². The third-order valence-corrected chi connectivity index (χ3v) is 9.72. The van der Waals surface area contributed by atoms with E-state index in [2.05, 4.69) is 15.8 Å². The average Bonchev–Trinajstić information content (AvgIpc) is 3.03. The standard InChI is InChI=1S/C35H35N3O9S/c1-15-21(39)13-20-25(28(15)40)32(44)27-26(29(20)41)31(43)24-19(33(27)47-2)11-10-16-12-17(23(34(45)46)30(42)22(16)24)14-36-38-35(48)37-18-8-6-4-3-5-7-9-18/h12-14,18,39-40,42-43H,3-11H2,1-2H3,(H,45,46)(H2,37,38,48)/b36-14+. The number of hydrazone groups is 1. The van der Waals surface area contributed by atoms with Crippen LogP contribution >= 0.6 is 12.2 Å². The van der Waals surface area contributed by atoms with Crippen molar-refractivity contribution < 1.29 is 44.7 Å². The van der Waals surface area contributed by atoms with Gasteiger partial charge in [0.15, 0.2) is 10.9 Å². The fourth-order valence-corrected chi connectivity index (χ4v) is 7.36. The van der Waals surface area contributed by atoms with Crippen LogP contribution in [-0.4, -0.2) is 67.5 Å². The Kier molecular flexibility index (Phi) is 8.73. The van der Waals surface area contributed by atoms with Gasteiger partial charge in [-0.1, -0.05) is 32.1 Å². The Balaban J connectivity index is 1.41.